The minimum atomic E-state index is -0.441. The number of rotatable bonds is 6. The largest absolute Gasteiger partial charge is 0.491 e. The van der Waals surface area contributed by atoms with Gasteiger partial charge in [-0.2, -0.15) is 0 Å². The smallest absolute Gasteiger partial charge is 0.119 e. The van der Waals surface area contributed by atoms with Gasteiger partial charge in [-0.1, -0.05) is 52.2 Å². The van der Waals surface area contributed by atoms with E-state index < -0.39 is 6.10 Å². The van der Waals surface area contributed by atoms with Gasteiger partial charge in [0.05, 0.1) is 0 Å². The Hall–Kier alpha value is -0.770. The number of hydrogen-bond donors (Lipinski definition) is 1. The van der Waals surface area contributed by atoms with Crippen molar-refractivity contribution in [3.63, 3.8) is 0 Å². The summed E-state index contributed by atoms with van der Waals surface area (Å²) in [5, 5.41) is 10.2. The highest BCUT2D eigenvalue weighted by Crippen LogP contribution is 2.24. The lowest BCUT2D eigenvalue weighted by Gasteiger charge is -2.32. The summed E-state index contributed by atoms with van der Waals surface area (Å²) in [6.45, 7) is 7.64. The SMILES string of the molecule is CN(CC(O)COc1ccc(C(C)(C)C)cc1)C1CCCCC1.Cl. The first-order valence-corrected chi connectivity index (χ1v) is 8.98. The van der Waals surface area contributed by atoms with Gasteiger partial charge in [-0.25, -0.2) is 0 Å². The molecule has 1 unspecified atom stereocenters. The third-order valence-electron chi connectivity index (χ3n) is 4.86. The van der Waals surface area contributed by atoms with E-state index in [1.807, 2.05) is 12.1 Å². The van der Waals surface area contributed by atoms with Crippen molar-refractivity contribution in [3.05, 3.63) is 29.8 Å². The second-order valence-electron chi connectivity index (χ2n) is 7.97. The quantitative estimate of drug-likeness (QED) is 0.820. The Balaban J connectivity index is 0.00000288. The average molecular weight is 356 g/mol. The molecule has 0 saturated heterocycles. The van der Waals surface area contributed by atoms with Crippen molar-refractivity contribution >= 4 is 12.4 Å². The van der Waals surface area contributed by atoms with E-state index in [0.29, 0.717) is 19.2 Å². The van der Waals surface area contributed by atoms with Crippen molar-refractivity contribution in [2.75, 3.05) is 20.2 Å². The van der Waals surface area contributed by atoms with Crippen LogP contribution in [-0.4, -0.2) is 42.4 Å². The molecule has 138 valence electrons. The minimum Gasteiger partial charge on any atom is -0.491 e. The fourth-order valence-corrected chi connectivity index (χ4v) is 3.30. The number of halogens is 1. The highest BCUT2D eigenvalue weighted by molar-refractivity contribution is 5.85. The van der Waals surface area contributed by atoms with Crippen molar-refractivity contribution < 1.29 is 9.84 Å². The summed E-state index contributed by atoms with van der Waals surface area (Å²) in [5.41, 5.74) is 1.45. The molecule has 0 heterocycles. The topological polar surface area (TPSA) is 32.7 Å². The van der Waals surface area contributed by atoms with E-state index in [0.717, 1.165) is 5.75 Å². The van der Waals surface area contributed by atoms with E-state index in [2.05, 4.69) is 44.9 Å². The van der Waals surface area contributed by atoms with Crippen molar-refractivity contribution in [3.8, 4) is 5.75 Å². The second kappa shape index (κ2) is 9.65. The van der Waals surface area contributed by atoms with Gasteiger partial charge in [0.25, 0.3) is 0 Å². The number of hydrogen-bond acceptors (Lipinski definition) is 3. The van der Waals surface area contributed by atoms with Gasteiger partial charge in [-0.15, -0.1) is 12.4 Å². The highest BCUT2D eigenvalue weighted by atomic mass is 35.5. The van der Waals surface area contributed by atoms with E-state index in [1.165, 1.54) is 37.7 Å². The van der Waals surface area contributed by atoms with Gasteiger partial charge in [0, 0.05) is 12.6 Å². The number of ether oxygens (including phenoxy) is 1. The molecule has 0 bridgehead atoms. The predicted molar refractivity (Wildman–Crippen MR) is 103 cm³/mol. The van der Waals surface area contributed by atoms with E-state index in [1.54, 1.807) is 0 Å². The molecule has 0 radical (unpaired) electrons. The monoisotopic (exact) mass is 355 g/mol. The number of benzene rings is 1. The Morgan fingerprint density at radius 3 is 2.25 bits per heavy atom. The summed E-state index contributed by atoms with van der Waals surface area (Å²) in [6, 6.07) is 8.84. The third kappa shape index (κ3) is 6.62. The Morgan fingerprint density at radius 1 is 1.12 bits per heavy atom. The van der Waals surface area contributed by atoms with Gasteiger partial charge in [0.15, 0.2) is 0 Å². The first-order valence-electron chi connectivity index (χ1n) is 8.98. The van der Waals surface area contributed by atoms with Crippen LogP contribution in [0.15, 0.2) is 24.3 Å². The number of nitrogens with zero attached hydrogens (tertiary/aromatic N) is 1. The normalized spacial score (nSPS) is 17.4. The maximum atomic E-state index is 10.2. The van der Waals surface area contributed by atoms with Gasteiger partial charge in [0.1, 0.15) is 18.5 Å². The molecule has 1 atom stereocenters. The van der Waals surface area contributed by atoms with Gasteiger partial charge < -0.3 is 14.7 Å². The second-order valence-corrected chi connectivity index (χ2v) is 7.97. The first-order chi connectivity index (χ1) is 10.9. The molecule has 0 amide bonds. The van der Waals surface area contributed by atoms with Crippen LogP contribution in [0.5, 0.6) is 5.75 Å². The Morgan fingerprint density at radius 2 is 1.71 bits per heavy atom. The van der Waals surface area contributed by atoms with Crippen LogP contribution in [0.1, 0.15) is 58.4 Å². The fourth-order valence-electron chi connectivity index (χ4n) is 3.30. The molecule has 1 aromatic rings. The molecule has 2 rings (SSSR count). The van der Waals surface area contributed by atoms with Crippen LogP contribution in [0.2, 0.25) is 0 Å². The standard InChI is InChI=1S/C20H33NO2.ClH/c1-20(2,3)16-10-12-19(13-11-16)23-15-18(22)14-21(4)17-8-6-5-7-9-17;/h10-13,17-18,22H,5-9,14-15H2,1-4H3;1H. The van der Waals surface area contributed by atoms with E-state index in [4.69, 9.17) is 4.74 Å². The third-order valence-corrected chi connectivity index (χ3v) is 4.86. The molecule has 1 N–H and O–H groups in total. The fraction of sp³-hybridized carbons (Fsp3) is 0.700. The number of likely N-dealkylation sites (N-methyl/N-ethyl adjacent to an activating group) is 1. The summed E-state index contributed by atoms with van der Waals surface area (Å²) in [4.78, 5) is 2.30. The van der Waals surface area contributed by atoms with E-state index in [-0.39, 0.29) is 17.8 Å². The van der Waals surface area contributed by atoms with E-state index >= 15 is 0 Å². The Kier molecular flexibility index (Phi) is 8.55. The predicted octanol–water partition coefficient (Wildman–Crippen LogP) is 4.41. The summed E-state index contributed by atoms with van der Waals surface area (Å²) in [7, 11) is 2.12. The van der Waals surface area contributed by atoms with Crippen LogP contribution in [0.3, 0.4) is 0 Å². The molecule has 3 nitrogen and oxygen atoms in total. The minimum absolute atomic E-state index is 0. The van der Waals surface area contributed by atoms with Crippen LogP contribution in [0.25, 0.3) is 0 Å². The lowest BCUT2D eigenvalue weighted by atomic mass is 9.87. The zero-order chi connectivity index (χ0) is 16.9. The van der Waals surface area contributed by atoms with Gasteiger partial charge >= 0.3 is 0 Å². The molecule has 0 aliphatic heterocycles. The summed E-state index contributed by atoms with van der Waals surface area (Å²) in [6.07, 6.45) is 6.09. The molecule has 1 saturated carbocycles. The molecular weight excluding hydrogens is 322 g/mol. The van der Waals surface area contributed by atoms with Crippen molar-refractivity contribution in [1.29, 1.82) is 0 Å². The van der Waals surface area contributed by atoms with Gasteiger partial charge in [-0.3, -0.25) is 0 Å². The van der Waals surface area contributed by atoms with Crippen molar-refractivity contribution in [2.45, 2.75) is 70.4 Å². The van der Waals surface area contributed by atoms with Crippen LogP contribution < -0.4 is 4.74 Å². The Labute approximate surface area is 153 Å². The molecule has 0 spiro atoms. The van der Waals surface area contributed by atoms with Crippen LogP contribution in [0, 0.1) is 0 Å². The molecule has 1 aromatic carbocycles. The maximum absolute atomic E-state index is 10.2. The lowest BCUT2D eigenvalue weighted by Crippen LogP contribution is -2.40. The first kappa shape index (κ1) is 21.3. The van der Waals surface area contributed by atoms with Gasteiger partial charge in [0.2, 0.25) is 0 Å². The molecule has 1 fully saturated rings. The average Bonchev–Trinajstić information content (AvgIpc) is 2.53. The molecule has 24 heavy (non-hydrogen) atoms. The maximum Gasteiger partial charge on any atom is 0.119 e. The zero-order valence-corrected chi connectivity index (χ0v) is 16.4. The number of aliphatic hydroxyl groups is 1. The summed E-state index contributed by atoms with van der Waals surface area (Å²) in [5.74, 6) is 0.831. The lowest BCUT2D eigenvalue weighted by molar-refractivity contribution is 0.0561. The molecular formula is C20H34ClNO2. The van der Waals surface area contributed by atoms with Crippen LogP contribution in [0.4, 0.5) is 0 Å². The van der Waals surface area contributed by atoms with Crippen molar-refractivity contribution in [1.82, 2.24) is 4.90 Å². The Bertz CT molecular complexity index is 464. The van der Waals surface area contributed by atoms with Crippen molar-refractivity contribution in [2.24, 2.45) is 0 Å². The molecule has 1 aliphatic carbocycles. The van der Waals surface area contributed by atoms with E-state index in [9.17, 15) is 5.11 Å². The summed E-state index contributed by atoms with van der Waals surface area (Å²) >= 11 is 0. The molecule has 4 heteroatoms. The highest BCUT2D eigenvalue weighted by Gasteiger charge is 2.20. The summed E-state index contributed by atoms with van der Waals surface area (Å²) < 4.78 is 5.75. The van der Waals surface area contributed by atoms with Gasteiger partial charge in [-0.05, 0) is 43.0 Å². The molecule has 0 aromatic heterocycles. The zero-order valence-electron chi connectivity index (χ0n) is 15.6. The number of aliphatic hydroxyl groups excluding tert-OH is 1. The van der Waals surface area contributed by atoms with Crippen LogP contribution >= 0.6 is 12.4 Å². The van der Waals surface area contributed by atoms with Crippen LogP contribution in [-0.2, 0) is 5.41 Å². The molecule has 1 aliphatic rings.